The summed E-state index contributed by atoms with van der Waals surface area (Å²) in [6.07, 6.45) is 2.72. The van der Waals surface area contributed by atoms with Crippen molar-refractivity contribution < 1.29 is 14.7 Å². The minimum Gasteiger partial charge on any atom is -0.480 e. The summed E-state index contributed by atoms with van der Waals surface area (Å²) in [5, 5.41) is 9.05. The molecule has 0 radical (unpaired) electrons. The summed E-state index contributed by atoms with van der Waals surface area (Å²) in [4.78, 5) is 24.3. The largest absolute Gasteiger partial charge is 0.480 e. The third-order valence-electron chi connectivity index (χ3n) is 2.98. The number of hydrogen-bond donors (Lipinski definition) is 1. The van der Waals surface area contributed by atoms with Crippen LogP contribution in [0.2, 0.25) is 0 Å². The molecule has 1 saturated carbocycles. The Balaban J connectivity index is 2.67. The minimum atomic E-state index is -1.10. The average Bonchev–Trinajstić information content (AvgIpc) is 2.88. The number of carboxylic acid groups (broad SMARTS) is 1. The summed E-state index contributed by atoms with van der Waals surface area (Å²) < 4.78 is 0. The number of likely N-dealkylation sites (N-methyl/N-ethyl adjacent to an activating group) is 1. The lowest BCUT2D eigenvalue weighted by Crippen LogP contribution is -2.52. The van der Waals surface area contributed by atoms with E-state index in [1.807, 2.05) is 6.92 Å². The second-order valence-electron chi connectivity index (χ2n) is 4.65. The van der Waals surface area contributed by atoms with Gasteiger partial charge in [0.2, 0.25) is 5.91 Å². The zero-order chi connectivity index (χ0) is 11.6. The molecule has 0 spiro atoms. The molecule has 4 nitrogen and oxygen atoms in total. The van der Waals surface area contributed by atoms with Crippen molar-refractivity contribution in [3.63, 3.8) is 0 Å². The summed E-state index contributed by atoms with van der Waals surface area (Å²) in [5.74, 6) is -0.489. The Labute approximate surface area is 90.3 Å². The molecule has 0 aromatic rings. The van der Waals surface area contributed by atoms with Gasteiger partial charge in [0.15, 0.2) is 0 Å². The van der Waals surface area contributed by atoms with Crippen LogP contribution in [0.4, 0.5) is 0 Å². The van der Waals surface area contributed by atoms with E-state index in [1.54, 1.807) is 13.8 Å². The van der Waals surface area contributed by atoms with Gasteiger partial charge in [0, 0.05) is 13.0 Å². The number of amides is 1. The Morgan fingerprint density at radius 1 is 1.40 bits per heavy atom. The predicted octanol–water partition coefficient (Wildman–Crippen LogP) is 1.50. The molecule has 1 amide bonds. The zero-order valence-corrected chi connectivity index (χ0v) is 9.62. The van der Waals surface area contributed by atoms with Gasteiger partial charge in [0.1, 0.15) is 5.54 Å². The third-order valence-corrected chi connectivity index (χ3v) is 2.98. The monoisotopic (exact) mass is 213 g/mol. The molecule has 0 aromatic heterocycles. The fraction of sp³-hybridized carbons (Fsp3) is 0.818. The first kappa shape index (κ1) is 12.0. The van der Waals surface area contributed by atoms with Crippen LogP contribution >= 0.6 is 0 Å². The lowest BCUT2D eigenvalue weighted by molar-refractivity contribution is -0.156. The van der Waals surface area contributed by atoms with Gasteiger partial charge in [-0.25, -0.2) is 4.79 Å². The quantitative estimate of drug-likeness (QED) is 0.753. The second kappa shape index (κ2) is 4.21. The molecular weight excluding hydrogens is 194 g/mol. The highest BCUT2D eigenvalue weighted by atomic mass is 16.4. The molecule has 0 atom stereocenters. The van der Waals surface area contributed by atoms with E-state index >= 15 is 0 Å². The van der Waals surface area contributed by atoms with E-state index in [4.69, 9.17) is 5.11 Å². The van der Waals surface area contributed by atoms with Crippen molar-refractivity contribution in [3.05, 3.63) is 0 Å². The van der Waals surface area contributed by atoms with Gasteiger partial charge in [-0.3, -0.25) is 4.79 Å². The van der Waals surface area contributed by atoms with Gasteiger partial charge in [0.05, 0.1) is 0 Å². The predicted molar refractivity (Wildman–Crippen MR) is 56.4 cm³/mol. The Hall–Kier alpha value is -1.06. The molecule has 0 aliphatic heterocycles. The fourth-order valence-corrected chi connectivity index (χ4v) is 1.68. The molecule has 1 aliphatic rings. The van der Waals surface area contributed by atoms with Gasteiger partial charge < -0.3 is 10.0 Å². The Bertz CT molecular complexity index is 269. The molecule has 0 saturated heterocycles. The van der Waals surface area contributed by atoms with Crippen LogP contribution in [0, 0.1) is 5.92 Å². The summed E-state index contributed by atoms with van der Waals surface area (Å²) in [6.45, 7) is 5.41. The molecule has 0 bridgehead atoms. The molecule has 0 unspecified atom stereocenters. The smallest absolute Gasteiger partial charge is 0.329 e. The van der Waals surface area contributed by atoms with Gasteiger partial charge in [-0.05, 0) is 39.5 Å². The van der Waals surface area contributed by atoms with Crippen molar-refractivity contribution in [2.24, 2.45) is 5.92 Å². The zero-order valence-electron chi connectivity index (χ0n) is 9.62. The molecular formula is C11H19NO3. The van der Waals surface area contributed by atoms with E-state index in [0.717, 1.165) is 12.8 Å². The van der Waals surface area contributed by atoms with Gasteiger partial charge >= 0.3 is 5.97 Å². The van der Waals surface area contributed by atoms with Crippen molar-refractivity contribution in [3.8, 4) is 0 Å². The number of nitrogens with zero attached hydrogens (tertiary/aromatic N) is 1. The Morgan fingerprint density at radius 3 is 2.27 bits per heavy atom. The Kier molecular flexibility index (Phi) is 3.37. The van der Waals surface area contributed by atoms with Crippen molar-refractivity contribution in [1.29, 1.82) is 0 Å². The van der Waals surface area contributed by atoms with Crippen LogP contribution in [-0.2, 0) is 9.59 Å². The molecule has 1 N–H and O–H groups in total. The maximum atomic E-state index is 11.8. The lowest BCUT2D eigenvalue weighted by atomic mass is 10.0. The highest BCUT2D eigenvalue weighted by molar-refractivity contribution is 5.86. The number of aliphatic carboxylic acids is 1. The van der Waals surface area contributed by atoms with Crippen LogP contribution in [0.15, 0.2) is 0 Å². The molecule has 86 valence electrons. The SMILES string of the molecule is CCN(C(=O)CC1CC1)C(C)(C)C(=O)O. The van der Waals surface area contributed by atoms with Crippen LogP contribution in [0.3, 0.4) is 0 Å². The van der Waals surface area contributed by atoms with Crippen molar-refractivity contribution in [2.45, 2.75) is 45.6 Å². The lowest BCUT2D eigenvalue weighted by Gasteiger charge is -2.34. The molecule has 0 aromatic carbocycles. The van der Waals surface area contributed by atoms with Gasteiger partial charge in [-0.2, -0.15) is 0 Å². The van der Waals surface area contributed by atoms with Crippen LogP contribution in [0.25, 0.3) is 0 Å². The van der Waals surface area contributed by atoms with Gasteiger partial charge in [0.25, 0.3) is 0 Å². The van der Waals surface area contributed by atoms with Crippen LogP contribution in [0.5, 0.6) is 0 Å². The standard InChI is InChI=1S/C11H19NO3/c1-4-12(11(2,3)10(14)15)9(13)7-8-5-6-8/h8H,4-7H2,1-3H3,(H,14,15). The van der Waals surface area contributed by atoms with Crippen LogP contribution in [-0.4, -0.2) is 34.0 Å². The second-order valence-corrected chi connectivity index (χ2v) is 4.65. The van der Waals surface area contributed by atoms with E-state index in [2.05, 4.69) is 0 Å². The van der Waals surface area contributed by atoms with E-state index in [0.29, 0.717) is 18.9 Å². The normalized spacial score (nSPS) is 16.2. The Morgan fingerprint density at radius 2 is 1.93 bits per heavy atom. The first-order valence-electron chi connectivity index (χ1n) is 5.43. The number of hydrogen-bond acceptors (Lipinski definition) is 2. The summed E-state index contributed by atoms with van der Waals surface area (Å²) in [6, 6.07) is 0. The van der Waals surface area contributed by atoms with E-state index < -0.39 is 11.5 Å². The summed E-state index contributed by atoms with van der Waals surface area (Å²) in [7, 11) is 0. The first-order chi connectivity index (χ1) is 6.89. The highest BCUT2D eigenvalue weighted by Gasteiger charge is 2.38. The molecule has 1 fully saturated rings. The van der Waals surface area contributed by atoms with Gasteiger partial charge in [-0.1, -0.05) is 0 Å². The van der Waals surface area contributed by atoms with Crippen molar-refractivity contribution >= 4 is 11.9 Å². The maximum Gasteiger partial charge on any atom is 0.329 e. The molecule has 1 aliphatic carbocycles. The first-order valence-corrected chi connectivity index (χ1v) is 5.43. The fourth-order valence-electron chi connectivity index (χ4n) is 1.68. The molecule has 1 rings (SSSR count). The minimum absolute atomic E-state index is 0.0348. The van der Waals surface area contributed by atoms with Gasteiger partial charge in [-0.15, -0.1) is 0 Å². The van der Waals surface area contributed by atoms with Crippen LogP contribution in [0.1, 0.15) is 40.0 Å². The number of carbonyl (C=O) groups excluding carboxylic acids is 1. The number of rotatable bonds is 5. The summed E-state index contributed by atoms with van der Waals surface area (Å²) >= 11 is 0. The summed E-state index contributed by atoms with van der Waals surface area (Å²) in [5.41, 5.74) is -1.10. The maximum absolute atomic E-state index is 11.8. The van der Waals surface area contributed by atoms with Crippen LogP contribution < -0.4 is 0 Å². The average molecular weight is 213 g/mol. The highest BCUT2D eigenvalue weighted by Crippen LogP contribution is 2.33. The molecule has 15 heavy (non-hydrogen) atoms. The molecule has 0 heterocycles. The third kappa shape index (κ3) is 2.70. The number of carboxylic acids is 1. The van der Waals surface area contributed by atoms with E-state index in [9.17, 15) is 9.59 Å². The molecule has 4 heteroatoms. The number of carbonyl (C=O) groups is 2. The van der Waals surface area contributed by atoms with Crippen molar-refractivity contribution in [2.75, 3.05) is 6.54 Å². The van der Waals surface area contributed by atoms with E-state index in [1.165, 1.54) is 4.90 Å². The topological polar surface area (TPSA) is 57.6 Å². The van der Waals surface area contributed by atoms with E-state index in [-0.39, 0.29) is 5.91 Å². The van der Waals surface area contributed by atoms with Crippen molar-refractivity contribution in [1.82, 2.24) is 4.90 Å².